The third-order valence-corrected chi connectivity index (χ3v) is 3.68. The number of fused-ring (bicyclic) bond motifs is 1. The second-order valence-electron chi connectivity index (χ2n) is 5.28. The van der Waals surface area contributed by atoms with Crippen molar-refractivity contribution in [3.63, 3.8) is 0 Å². The normalized spacial score (nSPS) is 12.8. The molecule has 4 rings (SSSR count). The van der Waals surface area contributed by atoms with Crippen molar-refractivity contribution >= 4 is 17.7 Å². The minimum Gasteiger partial charge on any atom is -0.488 e. The maximum absolute atomic E-state index is 12.6. The molecule has 0 saturated carbocycles. The number of ether oxygens (including phenoxy) is 1. The van der Waals surface area contributed by atoms with Crippen molar-refractivity contribution in [2.24, 2.45) is 0 Å². The molecule has 0 bridgehead atoms. The zero-order valence-corrected chi connectivity index (χ0v) is 12.7. The number of nitrogens with one attached hydrogen (secondary N) is 1. The van der Waals surface area contributed by atoms with Gasteiger partial charge >= 0.3 is 0 Å². The number of benzene rings is 1. The van der Waals surface area contributed by atoms with Gasteiger partial charge in [-0.2, -0.15) is 5.10 Å². The molecule has 118 valence electrons. The van der Waals surface area contributed by atoms with Gasteiger partial charge in [0.05, 0.1) is 11.3 Å². The largest absolute Gasteiger partial charge is 0.488 e. The van der Waals surface area contributed by atoms with E-state index in [1.165, 1.54) is 0 Å². The van der Waals surface area contributed by atoms with Gasteiger partial charge in [0.25, 0.3) is 5.91 Å². The smallest absolute Gasteiger partial charge is 0.255 e. The summed E-state index contributed by atoms with van der Waals surface area (Å²) in [5, 5.41) is 7.05. The highest BCUT2D eigenvalue weighted by atomic mass is 16.5. The Bertz CT molecular complexity index is 916. The van der Waals surface area contributed by atoms with Crippen LogP contribution in [-0.4, -0.2) is 27.3 Å². The molecular formula is C18H14N4O2. The van der Waals surface area contributed by atoms with Gasteiger partial charge in [-0.3, -0.25) is 4.79 Å². The number of hydrogen-bond donors (Lipinski definition) is 1. The number of anilines is 1. The molecule has 24 heavy (non-hydrogen) atoms. The second-order valence-corrected chi connectivity index (χ2v) is 5.28. The van der Waals surface area contributed by atoms with E-state index in [1.807, 2.05) is 30.3 Å². The molecule has 1 aromatic carbocycles. The van der Waals surface area contributed by atoms with Crippen molar-refractivity contribution in [3.8, 4) is 11.6 Å². The summed E-state index contributed by atoms with van der Waals surface area (Å²) in [6, 6.07) is 13.0. The van der Waals surface area contributed by atoms with Gasteiger partial charge in [-0.25, -0.2) is 9.67 Å². The van der Waals surface area contributed by atoms with Crippen LogP contribution in [0.2, 0.25) is 0 Å². The zero-order chi connectivity index (χ0) is 16.4. The van der Waals surface area contributed by atoms with E-state index in [4.69, 9.17) is 4.74 Å². The fraction of sp³-hybridized carbons (Fsp3) is 0.0556. The molecule has 0 radical (unpaired) electrons. The Morgan fingerprint density at radius 2 is 2.04 bits per heavy atom. The summed E-state index contributed by atoms with van der Waals surface area (Å²) >= 11 is 0. The van der Waals surface area contributed by atoms with Crippen LogP contribution < -0.4 is 10.1 Å². The first-order valence-electron chi connectivity index (χ1n) is 7.50. The third-order valence-electron chi connectivity index (χ3n) is 3.68. The predicted octanol–water partition coefficient (Wildman–Crippen LogP) is 2.68. The summed E-state index contributed by atoms with van der Waals surface area (Å²) in [5.74, 6) is 1.13. The number of aromatic nitrogens is 3. The van der Waals surface area contributed by atoms with Crippen LogP contribution in [0.5, 0.6) is 5.75 Å². The fourth-order valence-corrected chi connectivity index (χ4v) is 2.52. The highest BCUT2D eigenvalue weighted by Gasteiger charge is 2.18. The summed E-state index contributed by atoms with van der Waals surface area (Å²) in [6.45, 7) is 0.236. The van der Waals surface area contributed by atoms with Crippen LogP contribution in [0.15, 0.2) is 66.6 Å². The number of para-hydroxylation sites is 1. The lowest BCUT2D eigenvalue weighted by molar-refractivity contribution is -0.113. The topological polar surface area (TPSA) is 69.0 Å². The first-order valence-corrected chi connectivity index (χ1v) is 7.50. The van der Waals surface area contributed by atoms with Crippen molar-refractivity contribution in [2.75, 3.05) is 11.9 Å². The first kappa shape index (κ1) is 14.2. The number of nitrogens with zero attached hydrogens (tertiary/aromatic N) is 3. The van der Waals surface area contributed by atoms with Gasteiger partial charge in [-0.15, -0.1) is 0 Å². The maximum Gasteiger partial charge on any atom is 0.255 e. The summed E-state index contributed by atoms with van der Waals surface area (Å²) in [4.78, 5) is 16.9. The van der Waals surface area contributed by atoms with Gasteiger partial charge in [-0.05, 0) is 30.3 Å². The van der Waals surface area contributed by atoms with E-state index in [2.05, 4.69) is 15.4 Å². The molecule has 1 aliphatic heterocycles. The van der Waals surface area contributed by atoms with E-state index in [9.17, 15) is 4.79 Å². The Labute approximate surface area is 138 Å². The second kappa shape index (κ2) is 6.00. The average Bonchev–Trinajstić information content (AvgIpc) is 3.16. The van der Waals surface area contributed by atoms with Crippen molar-refractivity contribution in [2.45, 2.75) is 0 Å². The van der Waals surface area contributed by atoms with E-state index in [-0.39, 0.29) is 12.5 Å². The lowest BCUT2D eigenvalue weighted by Gasteiger charge is -2.18. The van der Waals surface area contributed by atoms with Crippen LogP contribution in [0.4, 0.5) is 5.69 Å². The summed E-state index contributed by atoms with van der Waals surface area (Å²) in [7, 11) is 0. The van der Waals surface area contributed by atoms with E-state index in [0.717, 1.165) is 11.3 Å². The number of rotatable bonds is 3. The number of carbonyl (C=O) groups is 1. The summed E-state index contributed by atoms with van der Waals surface area (Å²) < 4.78 is 7.24. The van der Waals surface area contributed by atoms with Crippen LogP contribution in [0.3, 0.4) is 0 Å². The summed E-state index contributed by atoms with van der Waals surface area (Å²) in [6.07, 6.45) is 6.94. The van der Waals surface area contributed by atoms with Crippen molar-refractivity contribution in [1.29, 1.82) is 0 Å². The van der Waals surface area contributed by atoms with Crippen LogP contribution in [0.1, 0.15) is 5.56 Å². The van der Waals surface area contributed by atoms with Gasteiger partial charge in [0.15, 0.2) is 5.82 Å². The fourth-order valence-electron chi connectivity index (χ4n) is 2.52. The molecule has 0 saturated heterocycles. The SMILES string of the molecule is O=C(Nc1cccnc1-n1cccn1)C1=Cc2ccccc2OC1. The van der Waals surface area contributed by atoms with Crippen molar-refractivity contribution in [1.82, 2.24) is 14.8 Å². The highest BCUT2D eigenvalue weighted by Crippen LogP contribution is 2.26. The minimum atomic E-state index is -0.217. The Morgan fingerprint density at radius 1 is 1.12 bits per heavy atom. The zero-order valence-electron chi connectivity index (χ0n) is 12.7. The van der Waals surface area contributed by atoms with E-state index in [0.29, 0.717) is 17.1 Å². The molecule has 3 heterocycles. The number of pyridine rings is 1. The van der Waals surface area contributed by atoms with Gasteiger partial charge < -0.3 is 10.1 Å². The molecule has 1 N–H and O–H groups in total. The van der Waals surface area contributed by atoms with Crippen LogP contribution in [0, 0.1) is 0 Å². The molecule has 0 aliphatic carbocycles. The third kappa shape index (κ3) is 2.65. The van der Waals surface area contributed by atoms with Gasteiger partial charge in [0, 0.05) is 24.2 Å². The highest BCUT2D eigenvalue weighted by molar-refractivity contribution is 6.08. The molecular weight excluding hydrogens is 304 g/mol. The molecule has 3 aromatic rings. The lowest BCUT2D eigenvalue weighted by Crippen LogP contribution is -2.22. The maximum atomic E-state index is 12.6. The Balaban J connectivity index is 1.61. The van der Waals surface area contributed by atoms with E-state index >= 15 is 0 Å². The van der Waals surface area contributed by atoms with Crippen LogP contribution in [-0.2, 0) is 4.79 Å². The van der Waals surface area contributed by atoms with Gasteiger partial charge in [-0.1, -0.05) is 18.2 Å². The van der Waals surface area contributed by atoms with Gasteiger partial charge in [0.2, 0.25) is 0 Å². The molecule has 0 fully saturated rings. The van der Waals surface area contributed by atoms with Crippen LogP contribution in [0.25, 0.3) is 11.9 Å². The Morgan fingerprint density at radius 3 is 2.92 bits per heavy atom. The predicted molar refractivity (Wildman–Crippen MR) is 89.9 cm³/mol. The summed E-state index contributed by atoms with van der Waals surface area (Å²) in [5.41, 5.74) is 2.04. The van der Waals surface area contributed by atoms with Crippen molar-refractivity contribution in [3.05, 3.63) is 72.2 Å². The molecule has 6 nitrogen and oxygen atoms in total. The number of hydrogen-bond acceptors (Lipinski definition) is 4. The van der Waals surface area contributed by atoms with Gasteiger partial charge in [0.1, 0.15) is 12.4 Å². The molecule has 1 aliphatic rings. The lowest BCUT2D eigenvalue weighted by atomic mass is 10.1. The molecule has 0 unspecified atom stereocenters. The number of carbonyl (C=O) groups excluding carboxylic acids is 1. The van der Waals surface area contributed by atoms with E-state index in [1.54, 1.807) is 41.5 Å². The molecule has 6 heteroatoms. The standard InChI is InChI=1S/C18H14N4O2/c23-18(14-11-13-5-1-2-7-16(13)24-12-14)21-15-6-3-8-19-17(15)22-10-4-9-20-22/h1-11H,12H2,(H,21,23). The van der Waals surface area contributed by atoms with Crippen molar-refractivity contribution < 1.29 is 9.53 Å². The Hall–Kier alpha value is -3.41. The molecule has 0 spiro atoms. The Kier molecular flexibility index (Phi) is 3.55. The quantitative estimate of drug-likeness (QED) is 0.806. The minimum absolute atomic E-state index is 0.217. The van der Waals surface area contributed by atoms with E-state index < -0.39 is 0 Å². The molecule has 0 atom stereocenters. The number of amides is 1. The monoisotopic (exact) mass is 318 g/mol. The average molecular weight is 318 g/mol. The molecule has 1 amide bonds. The first-order chi connectivity index (χ1) is 11.8. The molecule has 2 aromatic heterocycles. The van der Waals surface area contributed by atoms with Crippen LogP contribution >= 0.6 is 0 Å².